The van der Waals surface area contributed by atoms with Gasteiger partial charge in [-0.15, -0.1) is 0 Å². The SMILES string of the molecule is C=C1CSC(C)C(C)SC1. The molecule has 2 unspecified atom stereocenters. The molecule has 0 nitrogen and oxygen atoms in total. The Labute approximate surface area is 71.8 Å². The first-order valence-corrected chi connectivity index (χ1v) is 5.69. The Morgan fingerprint density at radius 1 is 1.20 bits per heavy atom. The van der Waals surface area contributed by atoms with Crippen LogP contribution in [-0.4, -0.2) is 22.0 Å². The number of hydrogen-bond donors (Lipinski definition) is 0. The zero-order valence-electron chi connectivity index (χ0n) is 6.59. The highest BCUT2D eigenvalue weighted by atomic mass is 32.2. The second kappa shape index (κ2) is 3.72. The Hall–Kier alpha value is 0.440. The van der Waals surface area contributed by atoms with Gasteiger partial charge < -0.3 is 0 Å². The molecule has 0 aromatic rings. The van der Waals surface area contributed by atoms with E-state index in [1.54, 1.807) is 0 Å². The second-order valence-electron chi connectivity index (χ2n) is 2.78. The maximum Gasteiger partial charge on any atom is 0.0151 e. The van der Waals surface area contributed by atoms with Gasteiger partial charge in [0.2, 0.25) is 0 Å². The Kier molecular flexibility index (Phi) is 3.18. The van der Waals surface area contributed by atoms with E-state index in [0.29, 0.717) is 0 Å². The summed E-state index contributed by atoms with van der Waals surface area (Å²) in [5.41, 5.74) is 1.39. The summed E-state index contributed by atoms with van der Waals surface area (Å²) in [7, 11) is 0. The Morgan fingerprint density at radius 3 is 2.00 bits per heavy atom. The van der Waals surface area contributed by atoms with Gasteiger partial charge in [0.1, 0.15) is 0 Å². The van der Waals surface area contributed by atoms with E-state index in [1.807, 2.05) is 23.5 Å². The lowest BCUT2D eigenvalue weighted by Gasteiger charge is -2.13. The quantitative estimate of drug-likeness (QED) is 0.518. The summed E-state index contributed by atoms with van der Waals surface area (Å²) in [4.78, 5) is 0. The highest BCUT2D eigenvalue weighted by Gasteiger charge is 2.17. The molecule has 0 bridgehead atoms. The van der Waals surface area contributed by atoms with E-state index < -0.39 is 0 Å². The summed E-state index contributed by atoms with van der Waals surface area (Å²) in [6, 6.07) is 0. The summed E-state index contributed by atoms with van der Waals surface area (Å²) in [6.45, 7) is 8.61. The summed E-state index contributed by atoms with van der Waals surface area (Å²) >= 11 is 4.07. The summed E-state index contributed by atoms with van der Waals surface area (Å²) < 4.78 is 0. The summed E-state index contributed by atoms with van der Waals surface area (Å²) in [5, 5.41) is 1.59. The zero-order valence-corrected chi connectivity index (χ0v) is 8.23. The van der Waals surface area contributed by atoms with E-state index in [4.69, 9.17) is 0 Å². The molecular formula is C8H14S2. The van der Waals surface area contributed by atoms with Crippen LogP contribution in [-0.2, 0) is 0 Å². The van der Waals surface area contributed by atoms with Gasteiger partial charge in [0.15, 0.2) is 0 Å². The van der Waals surface area contributed by atoms with Crippen molar-refractivity contribution in [3.8, 4) is 0 Å². The molecule has 1 fully saturated rings. The second-order valence-corrected chi connectivity index (χ2v) is 5.51. The molecule has 0 aliphatic carbocycles. The van der Waals surface area contributed by atoms with Gasteiger partial charge in [0.05, 0.1) is 0 Å². The van der Waals surface area contributed by atoms with Gasteiger partial charge in [-0.25, -0.2) is 0 Å². The molecule has 0 saturated carbocycles. The fraction of sp³-hybridized carbons (Fsp3) is 0.750. The van der Waals surface area contributed by atoms with Crippen molar-refractivity contribution in [1.82, 2.24) is 0 Å². The van der Waals surface area contributed by atoms with Gasteiger partial charge in [-0.2, -0.15) is 23.5 Å². The number of rotatable bonds is 0. The molecule has 0 radical (unpaired) electrons. The van der Waals surface area contributed by atoms with Crippen LogP contribution >= 0.6 is 23.5 Å². The predicted molar refractivity (Wildman–Crippen MR) is 53.0 cm³/mol. The molecule has 58 valence electrons. The van der Waals surface area contributed by atoms with Crippen LogP contribution in [0.3, 0.4) is 0 Å². The third-order valence-corrected chi connectivity index (χ3v) is 4.95. The first kappa shape index (κ1) is 8.54. The molecule has 0 N–H and O–H groups in total. The van der Waals surface area contributed by atoms with Gasteiger partial charge in [-0.1, -0.05) is 26.0 Å². The maximum atomic E-state index is 4.00. The molecule has 0 aromatic heterocycles. The summed E-state index contributed by atoms with van der Waals surface area (Å²) in [6.07, 6.45) is 0. The Bertz CT molecular complexity index is 117. The first-order chi connectivity index (χ1) is 4.70. The van der Waals surface area contributed by atoms with Crippen molar-refractivity contribution >= 4 is 23.5 Å². The Morgan fingerprint density at radius 2 is 1.60 bits per heavy atom. The molecule has 0 aromatic carbocycles. The lowest BCUT2D eigenvalue weighted by molar-refractivity contribution is 0.932. The molecule has 1 aliphatic heterocycles. The molecule has 10 heavy (non-hydrogen) atoms. The van der Waals surface area contributed by atoms with E-state index in [-0.39, 0.29) is 0 Å². The average Bonchev–Trinajstić information content (AvgIpc) is 2.04. The minimum Gasteiger partial charge on any atom is -0.153 e. The maximum absolute atomic E-state index is 4.00. The van der Waals surface area contributed by atoms with Crippen LogP contribution in [0, 0.1) is 0 Å². The molecule has 2 atom stereocenters. The van der Waals surface area contributed by atoms with E-state index >= 15 is 0 Å². The number of hydrogen-bond acceptors (Lipinski definition) is 2. The molecule has 2 heteroatoms. The minimum absolute atomic E-state index is 0.796. The van der Waals surface area contributed by atoms with Crippen LogP contribution in [0.5, 0.6) is 0 Å². The van der Waals surface area contributed by atoms with Crippen molar-refractivity contribution in [2.24, 2.45) is 0 Å². The van der Waals surface area contributed by atoms with Crippen LogP contribution < -0.4 is 0 Å². The highest BCUT2D eigenvalue weighted by molar-refractivity contribution is 8.04. The van der Waals surface area contributed by atoms with E-state index in [1.165, 1.54) is 17.1 Å². The van der Waals surface area contributed by atoms with E-state index in [9.17, 15) is 0 Å². The van der Waals surface area contributed by atoms with Gasteiger partial charge in [-0.3, -0.25) is 0 Å². The average molecular weight is 174 g/mol. The highest BCUT2D eigenvalue weighted by Crippen LogP contribution is 2.30. The standard InChI is InChI=1S/C8H14S2/c1-6-4-9-7(2)8(3)10-5-6/h7-8H,1,4-5H2,2-3H3. The zero-order chi connectivity index (χ0) is 7.56. The predicted octanol–water partition coefficient (Wildman–Crippen LogP) is 2.80. The smallest absolute Gasteiger partial charge is 0.0151 e. The van der Waals surface area contributed by atoms with Crippen LogP contribution in [0.25, 0.3) is 0 Å². The largest absolute Gasteiger partial charge is 0.153 e. The van der Waals surface area contributed by atoms with Crippen molar-refractivity contribution in [3.63, 3.8) is 0 Å². The van der Waals surface area contributed by atoms with Crippen molar-refractivity contribution in [3.05, 3.63) is 12.2 Å². The molecule has 0 spiro atoms. The van der Waals surface area contributed by atoms with Crippen molar-refractivity contribution in [1.29, 1.82) is 0 Å². The normalized spacial score (nSPS) is 35.6. The third-order valence-electron chi connectivity index (χ3n) is 1.76. The van der Waals surface area contributed by atoms with Crippen LogP contribution in [0.1, 0.15) is 13.8 Å². The first-order valence-electron chi connectivity index (χ1n) is 3.60. The Balaban J connectivity index is 2.46. The van der Waals surface area contributed by atoms with Crippen molar-refractivity contribution < 1.29 is 0 Å². The summed E-state index contributed by atoms with van der Waals surface area (Å²) in [5.74, 6) is 2.33. The topological polar surface area (TPSA) is 0 Å². The van der Waals surface area contributed by atoms with Gasteiger partial charge in [0, 0.05) is 22.0 Å². The minimum atomic E-state index is 0.796. The molecule has 1 rings (SSSR count). The van der Waals surface area contributed by atoms with Crippen molar-refractivity contribution in [2.45, 2.75) is 24.3 Å². The van der Waals surface area contributed by atoms with Gasteiger partial charge >= 0.3 is 0 Å². The van der Waals surface area contributed by atoms with Crippen LogP contribution in [0.15, 0.2) is 12.2 Å². The molecule has 1 heterocycles. The van der Waals surface area contributed by atoms with Gasteiger partial charge in [0.25, 0.3) is 0 Å². The third kappa shape index (κ3) is 2.24. The fourth-order valence-electron chi connectivity index (χ4n) is 0.811. The molecule has 0 amide bonds. The lowest BCUT2D eigenvalue weighted by atomic mass is 10.4. The lowest BCUT2D eigenvalue weighted by Crippen LogP contribution is -2.10. The van der Waals surface area contributed by atoms with Crippen molar-refractivity contribution in [2.75, 3.05) is 11.5 Å². The number of thioether (sulfide) groups is 2. The fourth-order valence-corrected chi connectivity index (χ4v) is 3.16. The van der Waals surface area contributed by atoms with Crippen LogP contribution in [0.4, 0.5) is 0 Å². The van der Waals surface area contributed by atoms with E-state index in [0.717, 1.165) is 10.5 Å². The molecule has 1 saturated heterocycles. The van der Waals surface area contributed by atoms with Gasteiger partial charge in [-0.05, 0) is 0 Å². The monoisotopic (exact) mass is 174 g/mol. The molecule has 1 aliphatic rings. The van der Waals surface area contributed by atoms with Crippen LogP contribution in [0.2, 0.25) is 0 Å². The molecular weight excluding hydrogens is 160 g/mol. The van der Waals surface area contributed by atoms with E-state index in [2.05, 4.69) is 20.4 Å².